The van der Waals surface area contributed by atoms with E-state index < -0.39 is 5.41 Å². The van der Waals surface area contributed by atoms with Crippen LogP contribution < -0.4 is 24.0 Å². The van der Waals surface area contributed by atoms with Crippen LogP contribution in [0.4, 0.5) is 11.5 Å². The second kappa shape index (κ2) is 6.88. The van der Waals surface area contributed by atoms with Crippen molar-refractivity contribution in [2.45, 2.75) is 24.8 Å². The Balaban J connectivity index is 1.26. The van der Waals surface area contributed by atoms with Crippen molar-refractivity contribution < 1.29 is 19.0 Å². The number of amides is 1. The maximum absolute atomic E-state index is 14.1. The average Bonchev–Trinajstić information content (AvgIpc) is 3.64. The molecule has 0 aliphatic carbocycles. The van der Waals surface area contributed by atoms with Crippen LogP contribution in [0.3, 0.4) is 0 Å². The number of rotatable bonds is 3. The van der Waals surface area contributed by atoms with Crippen molar-refractivity contribution in [2.75, 3.05) is 36.3 Å². The zero-order chi connectivity index (χ0) is 22.0. The minimum atomic E-state index is -0.879. The van der Waals surface area contributed by atoms with Gasteiger partial charge in [0.15, 0.2) is 11.5 Å². The lowest BCUT2D eigenvalue weighted by Gasteiger charge is -2.23. The number of pyridine rings is 1. The largest absolute Gasteiger partial charge is 0.491 e. The van der Waals surface area contributed by atoms with Gasteiger partial charge in [0.05, 0.1) is 6.54 Å². The van der Waals surface area contributed by atoms with Crippen molar-refractivity contribution >= 4 is 17.4 Å². The molecule has 0 bridgehead atoms. The van der Waals surface area contributed by atoms with Gasteiger partial charge in [-0.25, -0.2) is 4.98 Å². The van der Waals surface area contributed by atoms with Crippen LogP contribution in [-0.2, 0) is 16.8 Å². The number of nitrogens with zero attached hydrogens (tertiary/aromatic N) is 3. The van der Waals surface area contributed by atoms with Gasteiger partial charge in [0.25, 0.3) is 0 Å². The van der Waals surface area contributed by atoms with Crippen molar-refractivity contribution in [1.82, 2.24) is 4.98 Å². The molecule has 1 spiro atoms. The quantitative estimate of drug-likeness (QED) is 0.619. The number of aromatic nitrogens is 1. The van der Waals surface area contributed by atoms with Crippen molar-refractivity contribution in [3.05, 3.63) is 71.4 Å². The number of para-hydroxylation sites is 1. The predicted octanol–water partition coefficient (Wildman–Crippen LogP) is 3.64. The fourth-order valence-corrected chi connectivity index (χ4v) is 5.55. The first-order chi connectivity index (χ1) is 16.2. The molecule has 1 amide bonds. The molecule has 7 nitrogen and oxygen atoms in total. The van der Waals surface area contributed by atoms with Crippen molar-refractivity contribution in [3.8, 4) is 17.2 Å². The van der Waals surface area contributed by atoms with Crippen LogP contribution in [0.2, 0.25) is 0 Å². The van der Waals surface area contributed by atoms with Crippen LogP contribution in [0.5, 0.6) is 17.2 Å². The van der Waals surface area contributed by atoms with Gasteiger partial charge in [0, 0.05) is 36.6 Å². The third-order valence-electron chi connectivity index (χ3n) is 7.22. The van der Waals surface area contributed by atoms with E-state index in [2.05, 4.69) is 22.0 Å². The second-order valence-electron chi connectivity index (χ2n) is 9.02. The molecule has 1 atom stereocenters. The first-order valence-electron chi connectivity index (χ1n) is 11.4. The standard InChI is InChI=1S/C26H23N3O4/c30-25-26(15-31-21-12-23-22(11-19(21)26)32-16-33-23)18-5-1-2-6-20(18)29(25)14-17-7-8-24(27-13-17)28-9-3-4-10-28/h1-2,5-8,11-13H,3-4,9-10,14-16H2. The smallest absolute Gasteiger partial charge is 0.246 e. The highest BCUT2D eigenvalue weighted by molar-refractivity contribution is 6.11. The first kappa shape index (κ1) is 18.8. The third kappa shape index (κ3) is 2.62. The molecule has 1 aromatic heterocycles. The van der Waals surface area contributed by atoms with Gasteiger partial charge in [-0.3, -0.25) is 4.79 Å². The summed E-state index contributed by atoms with van der Waals surface area (Å²) >= 11 is 0. The van der Waals surface area contributed by atoms with Crippen molar-refractivity contribution in [2.24, 2.45) is 0 Å². The molecule has 1 saturated heterocycles. The monoisotopic (exact) mass is 441 g/mol. The molecule has 0 radical (unpaired) electrons. The van der Waals surface area contributed by atoms with Gasteiger partial charge in [0.2, 0.25) is 12.7 Å². The van der Waals surface area contributed by atoms with E-state index in [1.165, 1.54) is 12.8 Å². The summed E-state index contributed by atoms with van der Waals surface area (Å²) in [5.41, 5.74) is 2.85. The summed E-state index contributed by atoms with van der Waals surface area (Å²) in [7, 11) is 0. The van der Waals surface area contributed by atoms with E-state index >= 15 is 0 Å². The Morgan fingerprint density at radius 2 is 1.73 bits per heavy atom. The van der Waals surface area contributed by atoms with E-state index in [4.69, 9.17) is 14.2 Å². The summed E-state index contributed by atoms with van der Waals surface area (Å²) in [6, 6.07) is 15.9. The van der Waals surface area contributed by atoms with E-state index in [-0.39, 0.29) is 19.3 Å². The molecule has 4 aliphatic heterocycles. The number of ether oxygens (including phenoxy) is 3. The molecule has 7 rings (SSSR count). The van der Waals surface area contributed by atoms with Crippen molar-refractivity contribution in [1.29, 1.82) is 0 Å². The Kier molecular flexibility index (Phi) is 3.92. The normalized spacial score (nSPS) is 22.1. The van der Waals surface area contributed by atoms with Crippen LogP contribution >= 0.6 is 0 Å². The summed E-state index contributed by atoms with van der Waals surface area (Å²) in [5, 5.41) is 0. The molecule has 0 saturated carbocycles. The molecule has 2 aromatic carbocycles. The highest BCUT2D eigenvalue weighted by Gasteiger charge is 2.57. The summed E-state index contributed by atoms with van der Waals surface area (Å²) in [6.45, 7) is 3.03. The molecular formula is C26H23N3O4. The molecule has 33 heavy (non-hydrogen) atoms. The minimum absolute atomic E-state index is 0.0185. The third-order valence-corrected chi connectivity index (χ3v) is 7.22. The molecule has 5 heterocycles. The zero-order valence-corrected chi connectivity index (χ0v) is 18.1. The van der Waals surface area contributed by atoms with Gasteiger partial charge in [-0.05, 0) is 42.2 Å². The molecule has 1 unspecified atom stereocenters. The Labute approximate surface area is 191 Å². The Hall–Kier alpha value is -3.74. The Bertz CT molecular complexity index is 1270. The molecule has 7 heteroatoms. The van der Waals surface area contributed by atoms with Gasteiger partial charge in [0.1, 0.15) is 23.6 Å². The fraction of sp³-hybridized carbons (Fsp3) is 0.308. The molecule has 4 aliphatic rings. The van der Waals surface area contributed by atoms with Crippen LogP contribution in [0.25, 0.3) is 0 Å². The number of hydrogen-bond acceptors (Lipinski definition) is 6. The molecule has 3 aromatic rings. The van der Waals surface area contributed by atoms with Gasteiger partial charge in [-0.1, -0.05) is 24.3 Å². The minimum Gasteiger partial charge on any atom is -0.491 e. The molecule has 166 valence electrons. The number of carbonyl (C=O) groups excluding carboxylic acids is 1. The van der Waals surface area contributed by atoms with Crippen LogP contribution in [-0.4, -0.2) is 37.4 Å². The van der Waals surface area contributed by atoms with Crippen LogP contribution in [0.1, 0.15) is 29.5 Å². The summed E-state index contributed by atoms with van der Waals surface area (Å²) < 4.78 is 17.2. The lowest BCUT2D eigenvalue weighted by atomic mass is 9.77. The molecule has 1 fully saturated rings. The predicted molar refractivity (Wildman–Crippen MR) is 122 cm³/mol. The topological polar surface area (TPSA) is 64.1 Å². The highest BCUT2D eigenvalue weighted by Crippen LogP contribution is 2.55. The lowest BCUT2D eigenvalue weighted by Crippen LogP contribution is -2.42. The fourth-order valence-electron chi connectivity index (χ4n) is 5.55. The van der Waals surface area contributed by atoms with Gasteiger partial charge in [-0.2, -0.15) is 0 Å². The maximum atomic E-state index is 14.1. The van der Waals surface area contributed by atoms with Gasteiger partial charge >= 0.3 is 0 Å². The van der Waals surface area contributed by atoms with E-state index in [1.807, 2.05) is 47.5 Å². The number of carbonyl (C=O) groups is 1. The van der Waals surface area contributed by atoms with E-state index in [0.717, 1.165) is 41.3 Å². The summed E-state index contributed by atoms with van der Waals surface area (Å²) in [6.07, 6.45) is 4.33. The van der Waals surface area contributed by atoms with E-state index in [9.17, 15) is 4.79 Å². The lowest BCUT2D eigenvalue weighted by molar-refractivity contribution is -0.122. The van der Waals surface area contributed by atoms with Crippen LogP contribution in [0, 0.1) is 0 Å². The van der Waals surface area contributed by atoms with Crippen LogP contribution in [0.15, 0.2) is 54.7 Å². The highest BCUT2D eigenvalue weighted by atomic mass is 16.7. The number of fused-ring (bicyclic) bond motifs is 5. The number of benzene rings is 2. The van der Waals surface area contributed by atoms with E-state index in [1.54, 1.807) is 0 Å². The second-order valence-corrected chi connectivity index (χ2v) is 9.02. The van der Waals surface area contributed by atoms with Gasteiger partial charge < -0.3 is 24.0 Å². The van der Waals surface area contributed by atoms with Crippen molar-refractivity contribution in [3.63, 3.8) is 0 Å². The van der Waals surface area contributed by atoms with Gasteiger partial charge in [-0.15, -0.1) is 0 Å². The average molecular weight is 441 g/mol. The zero-order valence-electron chi connectivity index (χ0n) is 18.1. The van der Waals surface area contributed by atoms with E-state index in [0.29, 0.717) is 23.8 Å². The number of anilines is 2. The Morgan fingerprint density at radius 1 is 0.909 bits per heavy atom. The molecule has 0 N–H and O–H groups in total. The summed E-state index contributed by atoms with van der Waals surface area (Å²) in [5.74, 6) is 3.02. The SMILES string of the molecule is O=C1N(Cc2ccc(N3CCCC3)nc2)c2ccccc2C12COc1cc3c(cc12)OCO3. The molecular weight excluding hydrogens is 418 g/mol. The summed E-state index contributed by atoms with van der Waals surface area (Å²) in [4.78, 5) is 22.9. The Morgan fingerprint density at radius 3 is 2.55 bits per heavy atom. The maximum Gasteiger partial charge on any atom is 0.246 e. The first-order valence-corrected chi connectivity index (χ1v) is 11.4. The number of hydrogen-bond donors (Lipinski definition) is 0.